The van der Waals surface area contributed by atoms with E-state index in [2.05, 4.69) is 102 Å². The Kier molecular flexibility index (Phi) is 29.8. The number of sulfonamides is 1. The van der Waals surface area contributed by atoms with Gasteiger partial charge in [0.25, 0.3) is 0 Å². The van der Waals surface area contributed by atoms with Crippen LogP contribution < -0.4 is 37.2 Å². The number of hydrogen-bond acceptors (Lipinski definition) is 18. The minimum Gasteiger partial charge on any atom is -0.446 e. The average Bonchev–Trinajstić information content (AvgIpc) is 1.63. The second-order valence-corrected chi connectivity index (χ2v) is 41.1. The van der Waals surface area contributed by atoms with Crippen LogP contribution in [0.5, 0.6) is 0 Å². The number of nitrogens with one attached hydrogen (secondary N) is 7. The van der Waals surface area contributed by atoms with Crippen molar-refractivity contribution in [3.8, 4) is 0 Å². The van der Waals surface area contributed by atoms with Crippen LogP contribution in [0.15, 0.2) is 171 Å². The van der Waals surface area contributed by atoms with E-state index in [-0.39, 0.29) is 54.4 Å². The van der Waals surface area contributed by atoms with Crippen molar-refractivity contribution in [3.63, 3.8) is 0 Å². The summed E-state index contributed by atoms with van der Waals surface area (Å²) in [5.41, 5.74) is 16.0. The molecule has 4 fully saturated rings. The van der Waals surface area contributed by atoms with Crippen LogP contribution in [-0.2, 0) is 40.6 Å². The molecule has 10 aromatic rings. The topological polar surface area (TPSA) is 338 Å². The fraction of sp³-hybridized carbons (Fsp3) is 0.394. The number of aromatic nitrogens is 9. The van der Waals surface area contributed by atoms with Gasteiger partial charge in [-0.3, -0.25) is 29.7 Å². The zero-order valence-electron chi connectivity index (χ0n) is 78.1. The van der Waals surface area contributed by atoms with Crippen LogP contribution in [0.2, 0.25) is 15.1 Å². The summed E-state index contributed by atoms with van der Waals surface area (Å²) < 4.78 is 42.9. The number of carbonyl (C=O) groups excluding carboxylic acids is 5. The van der Waals surface area contributed by atoms with Gasteiger partial charge in [0.05, 0.1) is 134 Å². The third-order valence-electron chi connectivity index (χ3n) is 24.6. The molecular formula is C99H116Cl3N23O9S. The van der Waals surface area contributed by atoms with Gasteiger partial charge in [0.1, 0.15) is 6.10 Å². The molecule has 0 spiro atoms. The van der Waals surface area contributed by atoms with Crippen molar-refractivity contribution in [3.05, 3.63) is 282 Å². The average molecular weight is 1910 g/mol. The van der Waals surface area contributed by atoms with Crippen LogP contribution in [0.3, 0.4) is 0 Å². The fourth-order valence-corrected chi connectivity index (χ4v) is 19.6. The maximum absolute atomic E-state index is 13.4. The Balaban J connectivity index is 0.000000155. The molecule has 135 heavy (non-hydrogen) atoms. The van der Waals surface area contributed by atoms with E-state index < -0.39 is 44.8 Å². The summed E-state index contributed by atoms with van der Waals surface area (Å²) in [6.45, 7) is 32.3. The van der Waals surface area contributed by atoms with Crippen molar-refractivity contribution in [1.82, 2.24) is 104 Å². The Hall–Kier alpha value is -12.4. The van der Waals surface area contributed by atoms with Crippen LogP contribution in [0, 0.1) is 6.57 Å². The van der Waals surface area contributed by atoms with E-state index in [1.165, 1.54) is 10.6 Å². The first-order valence-corrected chi connectivity index (χ1v) is 48.2. The molecule has 3 aliphatic carbocycles. The Morgan fingerprint density at radius 1 is 0.474 bits per heavy atom. The van der Waals surface area contributed by atoms with Gasteiger partial charge in [-0.15, -0.1) is 0 Å². The number of hydrogen-bond donors (Lipinski definition) is 7. The molecule has 0 bridgehead atoms. The lowest BCUT2D eigenvalue weighted by Gasteiger charge is -2.40. The third kappa shape index (κ3) is 23.4. The van der Waals surface area contributed by atoms with Crippen LogP contribution >= 0.6 is 34.8 Å². The van der Waals surface area contributed by atoms with Crippen LogP contribution in [0.1, 0.15) is 196 Å². The lowest BCUT2D eigenvalue weighted by Crippen LogP contribution is -2.51. The van der Waals surface area contributed by atoms with Gasteiger partial charge in [0.2, 0.25) is 10.0 Å². The number of fused-ring (bicyclic) bond motifs is 6. The van der Waals surface area contributed by atoms with Crippen molar-refractivity contribution in [1.29, 1.82) is 0 Å². The molecule has 0 radical (unpaired) electrons. The number of piperazine rings is 3. The summed E-state index contributed by atoms with van der Waals surface area (Å²) in [4.78, 5) is 108. The maximum Gasteiger partial charge on any atom is 0.410 e. The van der Waals surface area contributed by atoms with Gasteiger partial charge < -0.3 is 70.2 Å². The van der Waals surface area contributed by atoms with Crippen LogP contribution in [0.25, 0.3) is 39.8 Å². The number of aryl methyl sites for hydroxylation is 3. The molecule has 708 valence electrons. The Morgan fingerprint density at radius 3 is 1.13 bits per heavy atom. The van der Waals surface area contributed by atoms with Crippen LogP contribution in [0.4, 0.5) is 35.3 Å². The predicted molar refractivity (Wildman–Crippen MR) is 525 cm³/mol. The van der Waals surface area contributed by atoms with Gasteiger partial charge in [-0.05, 0) is 214 Å². The number of ether oxygens (including phenoxy) is 2. The molecule has 7 N–H and O–H groups in total. The first-order chi connectivity index (χ1) is 64.4. The minimum atomic E-state index is -3.28. The number of anilines is 1. The summed E-state index contributed by atoms with van der Waals surface area (Å²) in [6, 6.07) is 32.9. The van der Waals surface area contributed by atoms with E-state index in [1.54, 1.807) is 84.0 Å². The summed E-state index contributed by atoms with van der Waals surface area (Å²) in [5, 5.41) is 23.4. The number of rotatable bonds is 15. The van der Waals surface area contributed by atoms with Gasteiger partial charge >= 0.3 is 30.2 Å². The van der Waals surface area contributed by atoms with Gasteiger partial charge in [0.15, 0.2) is 5.69 Å². The number of amides is 9. The first-order valence-electron chi connectivity index (χ1n) is 45.2. The lowest BCUT2D eigenvalue weighted by molar-refractivity contribution is -0.0155. The summed E-state index contributed by atoms with van der Waals surface area (Å²) in [6.07, 6.45) is 24.5. The van der Waals surface area contributed by atoms with Crippen LogP contribution in [-0.4, -0.2) is 232 Å². The molecule has 10 heterocycles. The number of urea groups is 4. The van der Waals surface area contributed by atoms with Crippen molar-refractivity contribution in [2.75, 3.05) is 103 Å². The highest BCUT2D eigenvalue weighted by molar-refractivity contribution is 7.88. The fourth-order valence-electron chi connectivity index (χ4n) is 18.3. The highest BCUT2D eigenvalue weighted by Crippen LogP contribution is 2.49. The first kappa shape index (κ1) is 97.2. The van der Waals surface area contributed by atoms with Gasteiger partial charge in [-0.25, -0.2) is 52.2 Å². The van der Waals surface area contributed by atoms with Crippen molar-refractivity contribution >= 4 is 121 Å². The quantitative estimate of drug-likeness (QED) is 0.0469. The molecule has 4 saturated heterocycles. The van der Waals surface area contributed by atoms with E-state index in [9.17, 15) is 32.4 Å². The standard InChI is InChI=1S/C36H38ClN9O2.C34H42ClN7O4.C29H36ClN7O3S/c1-36(2,3)43-34(47)42-32(30-21-39-22-44(30)5)29-19-23-7-6-14-40-31(23)33(27-13-8-24(37)20-28(27)29)45-15-17-46(18-16-45)35(48)41-26-11-9-25(38-4)10-12-26;1-34(2,3)39-32(43)38-30(28-20-36-21-40(28)4)27-18-22-6-5-11-37-29(22)31(25-8-7-23(35)19-26(25)27)41-12-14-42(15-13-41)33(44)46-24-9-16-45-17-10-24;1-29(2,3)34-28(38)33-26(24-17-31-18-35(24)4)23-15-19-7-6-10-32-25(19)27(21-9-8-20(30)16-22(21)23)36-11-13-37(14-12-36)41(5,39)40/h6-14,19-22,32-33H,15-18H2,1-3,5H3,(H,41,48)(H2,42,43,47);5-8,11,18-21,24,30-31H,9-10,12-17H2,1-4H3,(H2,38,39,43);6-10,15-18,26-27H,11-14H2,1-5H3,(H2,33,34,38)/t32?,33-;30?,31-;26?,27-/m000/s1. The van der Waals surface area contributed by atoms with E-state index in [0.717, 1.165) is 114 Å². The molecule has 0 saturated carbocycles. The molecule has 32 nitrogen and oxygen atoms in total. The second-order valence-electron chi connectivity index (χ2n) is 37.8. The molecular weight excluding hydrogens is 1790 g/mol. The Bertz CT molecular complexity index is 6280. The van der Waals surface area contributed by atoms with Gasteiger partial charge in [-0.1, -0.05) is 83.3 Å². The van der Waals surface area contributed by atoms with E-state index >= 15 is 0 Å². The highest BCUT2D eigenvalue weighted by atomic mass is 35.5. The monoisotopic (exact) mass is 1910 g/mol. The number of nitrogens with zero attached hydrogens (tertiary/aromatic N) is 16. The highest BCUT2D eigenvalue weighted by Gasteiger charge is 2.42. The lowest BCUT2D eigenvalue weighted by atomic mass is 9.90. The normalized spacial score (nSPS) is 18.5. The Labute approximate surface area is 803 Å². The molecule has 6 aromatic heterocycles. The molecule has 36 heteroatoms. The van der Waals surface area contributed by atoms with Crippen molar-refractivity contribution in [2.24, 2.45) is 21.1 Å². The summed E-state index contributed by atoms with van der Waals surface area (Å²) in [7, 11) is 2.44. The third-order valence-corrected chi connectivity index (χ3v) is 26.6. The van der Waals surface area contributed by atoms with Gasteiger partial charge in [0, 0.05) is 168 Å². The molecule has 3 unspecified atom stereocenters. The molecule has 4 aliphatic heterocycles. The zero-order chi connectivity index (χ0) is 96.0. The maximum atomic E-state index is 13.4. The number of benzene rings is 4. The minimum absolute atomic E-state index is 0.0928. The Morgan fingerprint density at radius 2 is 0.815 bits per heavy atom. The molecule has 9 amide bonds. The summed E-state index contributed by atoms with van der Waals surface area (Å²) in [5.74, 6) is 0. The number of halogens is 3. The number of imidazole rings is 3. The smallest absolute Gasteiger partial charge is 0.410 e. The molecule has 4 aromatic carbocycles. The molecule has 17 rings (SSSR count). The largest absolute Gasteiger partial charge is 0.446 e. The molecule has 7 aliphatic rings. The van der Waals surface area contributed by atoms with Gasteiger partial charge in [-0.2, -0.15) is 4.31 Å². The number of pyridine rings is 3. The van der Waals surface area contributed by atoms with E-state index in [0.29, 0.717) is 118 Å². The second kappa shape index (κ2) is 41.5. The van der Waals surface area contributed by atoms with E-state index in [4.69, 9.17) is 65.8 Å². The molecule has 6 atom stereocenters. The predicted octanol–water partition coefficient (Wildman–Crippen LogP) is 15.7. The zero-order valence-corrected chi connectivity index (χ0v) is 81.2. The van der Waals surface area contributed by atoms with Crippen molar-refractivity contribution < 1.29 is 41.9 Å². The van der Waals surface area contributed by atoms with E-state index in [1.807, 2.05) is 182 Å². The van der Waals surface area contributed by atoms with Crippen molar-refractivity contribution in [2.45, 2.75) is 134 Å². The summed E-state index contributed by atoms with van der Waals surface area (Å²) >= 11 is 20.0. The SMILES string of the molecule is Cn1cncc1C(NC(=O)NC(C)(C)C)C1=Cc2cccnc2[C@@H](N2CCN(C(=O)OC3CCOCC3)CC2)c2ccc(Cl)cc21.Cn1cncc1C(NC(=O)NC(C)(C)C)C1=Cc2cccnc2[C@@H](N2CCN(S(C)(=O)=O)CC2)c2ccc(Cl)cc21.[C-]#[N+]c1ccc(NC(=O)N2CCN([C@H]3c4ccc(Cl)cc4C(C(NC(=O)NC(C)(C)C)c4cncn4C)=Cc4cccnc43)CC2)cc1. The number of carbonyl (C=O) groups is 5.